The van der Waals surface area contributed by atoms with E-state index in [1.807, 2.05) is 51.2 Å². The summed E-state index contributed by atoms with van der Waals surface area (Å²) in [4.78, 5) is 9.11. The number of benzene rings is 1. The third kappa shape index (κ3) is 6.83. The molecule has 1 atom stereocenters. The number of rotatable bonds is 8. The van der Waals surface area contributed by atoms with Crippen LogP contribution in [0.25, 0.3) is 0 Å². The average Bonchev–Trinajstić information content (AvgIpc) is 3.30. The fourth-order valence-electron chi connectivity index (χ4n) is 3.42. The van der Waals surface area contributed by atoms with Gasteiger partial charge in [-0.2, -0.15) is 0 Å². The molecule has 2 heterocycles. The molecular formula is C23H32IN5O2. The molecule has 0 spiro atoms. The molecule has 3 aromatic rings. The van der Waals surface area contributed by atoms with Crippen molar-refractivity contribution in [1.82, 2.24) is 20.2 Å². The molecule has 0 radical (unpaired) electrons. The number of hydrogen-bond donors (Lipinski definition) is 3. The number of nitrogens with zero attached hydrogens (tertiary/aromatic N) is 3. The van der Waals surface area contributed by atoms with Gasteiger partial charge in [-0.15, -0.1) is 24.0 Å². The Morgan fingerprint density at radius 2 is 1.97 bits per heavy atom. The summed E-state index contributed by atoms with van der Waals surface area (Å²) >= 11 is 0. The van der Waals surface area contributed by atoms with Crippen LogP contribution >= 0.6 is 24.0 Å². The maximum absolute atomic E-state index is 10.9. The molecule has 0 aliphatic rings. The molecule has 31 heavy (non-hydrogen) atoms. The Kier molecular flexibility index (Phi) is 9.12. The van der Waals surface area contributed by atoms with E-state index in [4.69, 9.17) is 4.42 Å². The molecule has 1 aromatic carbocycles. The molecule has 168 valence electrons. The van der Waals surface area contributed by atoms with E-state index < -0.39 is 5.60 Å². The smallest absolute Gasteiger partial charge is 0.191 e. The van der Waals surface area contributed by atoms with Crippen LogP contribution in [0.1, 0.15) is 42.3 Å². The van der Waals surface area contributed by atoms with Gasteiger partial charge in [0.25, 0.3) is 0 Å². The van der Waals surface area contributed by atoms with Crippen molar-refractivity contribution in [3.8, 4) is 0 Å². The third-order valence-corrected chi connectivity index (χ3v) is 4.94. The molecule has 7 nitrogen and oxygen atoms in total. The fraction of sp³-hybridized carbons (Fsp3) is 0.391. The molecular weight excluding hydrogens is 505 g/mol. The summed E-state index contributed by atoms with van der Waals surface area (Å²) < 4.78 is 7.66. The maximum Gasteiger partial charge on any atom is 0.191 e. The standard InChI is InChI=1S/C23H31N5O2.HI/c1-5-24-22(27-16-23(4,29)20-13-17(2)30-18(20)3)26-14-21-25-11-12-28(21)15-19-9-7-6-8-10-19;/h6-13,29H,5,14-16H2,1-4H3,(H2,24,26,27);1H. The number of hydrogen-bond acceptors (Lipinski definition) is 4. The minimum Gasteiger partial charge on any atom is -0.466 e. The van der Waals surface area contributed by atoms with Gasteiger partial charge in [-0.25, -0.2) is 9.98 Å². The van der Waals surface area contributed by atoms with Gasteiger partial charge < -0.3 is 24.7 Å². The zero-order chi connectivity index (χ0) is 21.6. The SMILES string of the molecule is CCNC(=NCc1nccn1Cc1ccccc1)NCC(C)(O)c1cc(C)oc1C.I. The van der Waals surface area contributed by atoms with Crippen LogP contribution < -0.4 is 10.6 Å². The quantitative estimate of drug-likeness (QED) is 0.232. The molecule has 3 N–H and O–H groups in total. The highest BCUT2D eigenvalue weighted by molar-refractivity contribution is 14.0. The summed E-state index contributed by atoms with van der Waals surface area (Å²) in [6.07, 6.45) is 3.76. The molecule has 0 fully saturated rings. The normalized spacial score (nSPS) is 13.4. The van der Waals surface area contributed by atoms with Crippen LogP contribution in [0.2, 0.25) is 0 Å². The fourth-order valence-corrected chi connectivity index (χ4v) is 3.42. The van der Waals surface area contributed by atoms with Crippen LogP contribution in [0.4, 0.5) is 0 Å². The van der Waals surface area contributed by atoms with E-state index in [2.05, 4.69) is 37.3 Å². The van der Waals surface area contributed by atoms with Crippen molar-refractivity contribution >= 4 is 29.9 Å². The first-order valence-corrected chi connectivity index (χ1v) is 10.2. The summed E-state index contributed by atoms with van der Waals surface area (Å²) in [7, 11) is 0. The van der Waals surface area contributed by atoms with Crippen LogP contribution in [0.15, 0.2) is 58.2 Å². The number of guanidine groups is 1. The van der Waals surface area contributed by atoms with Gasteiger partial charge in [-0.1, -0.05) is 30.3 Å². The zero-order valence-corrected chi connectivity index (χ0v) is 20.9. The zero-order valence-electron chi connectivity index (χ0n) is 18.6. The molecule has 0 saturated heterocycles. The summed E-state index contributed by atoms with van der Waals surface area (Å²) in [5, 5.41) is 17.4. The molecule has 0 saturated carbocycles. The van der Waals surface area contributed by atoms with Gasteiger partial charge in [0, 0.05) is 31.0 Å². The van der Waals surface area contributed by atoms with Crippen molar-refractivity contribution in [2.24, 2.45) is 4.99 Å². The monoisotopic (exact) mass is 537 g/mol. The van der Waals surface area contributed by atoms with Crippen molar-refractivity contribution in [1.29, 1.82) is 0 Å². The first-order valence-electron chi connectivity index (χ1n) is 10.2. The maximum atomic E-state index is 10.9. The second kappa shape index (κ2) is 11.3. The van der Waals surface area contributed by atoms with Crippen LogP contribution in [0.3, 0.4) is 0 Å². The van der Waals surface area contributed by atoms with E-state index in [-0.39, 0.29) is 24.0 Å². The molecule has 2 aromatic heterocycles. The van der Waals surface area contributed by atoms with Crippen molar-refractivity contribution in [3.05, 3.63) is 77.3 Å². The minimum absolute atomic E-state index is 0. The lowest BCUT2D eigenvalue weighted by molar-refractivity contribution is 0.0601. The highest BCUT2D eigenvalue weighted by Gasteiger charge is 2.27. The lowest BCUT2D eigenvalue weighted by Gasteiger charge is -2.24. The molecule has 3 rings (SSSR count). The summed E-state index contributed by atoms with van der Waals surface area (Å²) in [5.74, 6) is 3.02. The minimum atomic E-state index is -1.08. The van der Waals surface area contributed by atoms with Gasteiger partial charge >= 0.3 is 0 Å². The van der Waals surface area contributed by atoms with Gasteiger partial charge in [0.1, 0.15) is 29.5 Å². The number of aromatic nitrogens is 2. The third-order valence-electron chi connectivity index (χ3n) is 4.94. The van der Waals surface area contributed by atoms with Crippen LogP contribution in [-0.4, -0.2) is 33.7 Å². The van der Waals surface area contributed by atoms with E-state index in [1.165, 1.54) is 5.56 Å². The largest absolute Gasteiger partial charge is 0.466 e. The Balaban J connectivity index is 0.00000341. The predicted molar refractivity (Wildman–Crippen MR) is 134 cm³/mol. The van der Waals surface area contributed by atoms with Crippen molar-refractivity contribution in [2.75, 3.05) is 13.1 Å². The van der Waals surface area contributed by atoms with Crippen LogP contribution in [-0.2, 0) is 18.7 Å². The van der Waals surface area contributed by atoms with E-state index in [9.17, 15) is 5.11 Å². The Morgan fingerprint density at radius 3 is 2.61 bits per heavy atom. The highest BCUT2D eigenvalue weighted by atomic mass is 127. The van der Waals surface area contributed by atoms with E-state index in [1.54, 1.807) is 13.1 Å². The number of aliphatic hydroxyl groups is 1. The van der Waals surface area contributed by atoms with Crippen LogP contribution in [0, 0.1) is 13.8 Å². The number of imidazole rings is 1. The number of furan rings is 1. The highest BCUT2D eigenvalue weighted by Crippen LogP contribution is 2.26. The molecule has 0 bridgehead atoms. The van der Waals surface area contributed by atoms with Crippen molar-refractivity contribution < 1.29 is 9.52 Å². The van der Waals surface area contributed by atoms with Gasteiger partial charge in [0.15, 0.2) is 5.96 Å². The van der Waals surface area contributed by atoms with E-state index in [0.717, 1.165) is 36.0 Å². The number of nitrogens with one attached hydrogen (secondary N) is 2. The first kappa shape index (κ1) is 24.9. The second-order valence-corrected chi connectivity index (χ2v) is 7.61. The average molecular weight is 537 g/mol. The summed E-state index contributed by atoms with van der Waals surface area (Å²) in [6.45, 7) is 9.73. The Labute approximate surface area is 201 Å². The lowest BCUT2D eigenvalue weighted by atomic mass is 9.96. The number of aliphatic imine (C=N–C) groups is 1. The van der Waals surface area contributed by atoms with Crippen LogP contribution in [0.5, 0.6) is 0 Å². The van der Waals surface area contributed by atoms with E-state index in [0.29, 0.717) is 19.0 Å². The van der Waals surface area contributed by atoms with Crippen molar-refractivity contribution in [3.63, 3.8) is 0 Å². The first-order chi connectivity index (χ1) is 14.4. The molecule has 0 amide bonds. The Morgan fingerprint density at radius 1 is 1.23 bits per heavy atom. The van der Waals surface area contributed by atoms with Gasteiger partial charge in [-0.3, -0.25) is 0 Å². The van der Waals surface area contributed by atoms with E-state index >= 15 is 0 Å². The molecule has 0 aliphatic heterocycles. The summed E-state index contributed by atoms with van der Waals surface area (Å²) in [6, 6.07) is 12.2. The van der Waals surface area contributed by atoms with Gasteiger partial charge in [0.05, 0.1) is 6.54 Å². The topological polar surface area (TPSA) is 87.6 Å². The number of halogens is 1. The van der Waals surface area contributed by atoms with Gasteiger partial charge in [-0.05, 0) is 39.3 Å². The predicted octanol–water partition coefficient (Wildman–Crippen LogP) is 3.72. The molecule has 1 unspecified atom stereocenters. The molecule has 8 heteroatoms. The Bertz CT molecular complexity index is 979. The lowest BCUT2D eigenvalue weighted by Crippen LogP contribution is -2.44. The van der Waals surface area contributed by atoms with Gasteiger partial charge in [0.2, 0.25) is 0 Å². The Hall–Kier alpha value is -2.33. The summed E-state index contributed by atoms with van der Waals surface area (Å²) in [5.41, 5.74) is 0.915. The molecule has 0 aliphatic carbocycles. The second-order valence-electron chi connectivity index (χ2n) is 7.61. The number of aryl methyl sites for hydroxylation is 2. The van der Waals surface area contributed by atoms with Crippen molar-refractivity contribution in [2.45, 2.75) is 46.4 Å².